The third-order valence-electron chi connectivity index (χ3n) is 0.731. The summed E-state index contributed by atoms with van der Waals surface area (Å²) in [4.78, 5) is 0. The third-order valence-corrected chi connectivity index (χ3v) is 1.67. The van der Waals surface area contributed by atoms with Crippen LogP contribution in [0.3, 0.4) is 0 Å². The molecule has 1 aromatic heterocycles. The van der Waals surface area contributed by atoms with E-state index in [0.717, 1.165) is 5.44 Å². The van der Waals surface area contributed by atoms with Gasteiger partial charge in [0, 0.05) is 18.0 Å². The monoisotopic (exact) mass is 133 g/mol. The van der Waals surface area contributed by atoms with Gasteiger partial charge in [-0.1, -0.05) is 9.24 Å². The SMILES string of the molecule is Pc1cccn1Cl. The summed E-state index contributed by atoms with van der Waals surface area (Å²) < 4.78 is 1.52. The predicted octanol–water partition coefficient (Wildman–Crippen LogP) is 0.990. The molecule has 0 saturated heterocycles. The molecule has 0 aliphatic heterocycles. The standard InChI is InChI=1S/C4H5ClNP/c5-6-3-1-2-4(6)7/h1-3H,7H2. The van der Waals surface area contributed by atoms with Crippen molar-refractivity contribution in [2.75, 3.05) is 0 Å². The molecular weight excluding hydrogens is 128 g/mol. The van der Waals surface area contributed by atoms with E-state index in [1.165, 1.54) is 4.09 Å². The molecule has 7 heavy (non-hydrogen) atoms. The lowest BCUT2D eigenvalue weighted by molar-refractivity contribution is 1.32. The Bertz CT molecular complexity index is 144. The Balaban J connectivity index is 3.12. The molecule has 0 bridgehead atoms. The molecule has 1 nitrogen and oxygen atoms in total. The Labute approximate surface area is 49.6 Å². The second kappa shape index (κ2) is 1.85. The first-order valence-electron chi connectivity index (χ1n) is 1.89. The fourth-order valence-corrected chi connectivity index (χ4v) is 0.693. The van der Waals surface area contributed by atoms with E-state index in [1.807, 2.05) is 12.1 Å². The lowest BCUT2D eigenvalue weighted by Gasteiger charge is -1.85. The lowest BCUT2D eigenvalue weighted by atomic mass is 10.7. The van der Waals surface area contributed by atoms with Gasteiger partial charge in [-0.15, -0.1) is 0 Å². The molecule has 1 rings (SSSR count). The molecule has 0 aromatic carbocycles. The zero-order chi connectivity index (χ0) is 5.28. The van der Waals surface area contributed by atoms with E-state index in [-0.39, 0.29) is 0 Å². The Morgan fingerprint density at radius 3 is 2.57 bits per heavy atom. The molecule has 0 N–H and O–H groups in total. The summed E-state index contributed by atoms with van der Waals surface area (Å²) in [6.07, 6.45) is 1.78. The first-order valence-corrected chi connectivity index (χ1v) is 2.81. The Kier molecular flexibility index (Phi) is 1.36. The van der Waals surface area contributed by atoms with Gasteiger partial charge in [-0.2, -0.15) is 0 Å². The smallest absolute Gasteiger partial charge is 0.0514 e. The minimum absolute atomic E-state index is 0.988. The third kappa shape index (κ3) is 0.960. The van der Waals surface area contributed by atoms with Crippen molar-refractivity contribution in [2.45, 2.75) is 0 Å². The van der Waals surface area contributed by atoms with Crippen LogP contribution in [0.5, 0.6) is 0 Å². The molecule has 1 unspecified atom stereocenters. The van der Waals surface area contributed by atoms with Gasteiger partial charge < -0.3 is 0 Å². The van der Waals surface area contributed by atoms with E-state index in [2.05, 4.69) is 9.24 Å². The van der Waals surface area contributed by atoms with Crippen LogP contribution >= 0.6 is 21.0 Å². The second-order valence-corrected chi connectivity index (χ2v) is 2.20. The summed E-state index contributed by atoms with van der Waals surface area (Å²) in [6.45, 7) is 0. The van der Waals surface area contributed by atoms with Crippen molar-refractivity contribution >= 4 is 26.5 Å². The van der Waals surface area contributed by atoms with Crippen molar-refractivity contribution in [1.82, 2.24) is 4.09 Å². The first kappa shape index (κ1) is 5.14. The van der Waals surface area contributed by atoms with Crippen molar-refractivity contribution in [1.29, 1.82) is 0 Å². The van der Waals surface area contributed by atoms with E-state index >= 15 is 0 Å². The van der Waals surface area contributed by atoms with Crippen molar-refractivity contribution in [3.63, 3.8) is 0 Å². The Morgan fingerprint density at radius 1 is 1.71 bits per heavy atom. The van der Waals surface area contributed by atoms with Crippen LogP contribution in [0.4, 0.5) is 0 Å². The van der Waals surface area contributed by atoms with Crippen LogP contribution in [0, 0.1) is 0 Å². The molecule has 38 valence electrons. The number of halogens is 1. The zero-order valence-corrected chi connectivity index (χ0v) is 5.55. The molecule has 1 heterocycles. The van der Waals surface area contributed by atoms with E-state index in [4.69, 9.17) is 11.8 Å². The predicted molar refractivity (Wildman–Crippen MR) is 35.0 cm³/mol. The quantitative estimate of drug-likeness (QED) is 0.465. The van der Waals surface area contributed by atoms with Crippen LogP contribution in [-0.4, -0.2) is 4.09 Å². The van der Waals surface area contributed by atoms with Gasteiger partial charge in [0.05, 0.1) is 5.44 Å². The van der Waals surface area contributed by atoms with E-state index in [9.17, 15) is 0 Å². The van der Waals surface area contributed by atoms with Crippen LogP contribution in [0.2, 0.25) is 0 Å². The minimum Gasteiger partial charge on any atom is -0.261 e. The van der Waals surface area contributed by atoms with Gasteiger partial charge in [0.25, 0.3) is 0 Å². The summed E-state index contributed by atoms with van der Waals surface area (Å²) in [5, 5.41) is 0. The molecule has 0 saturated carbocycles. The average Bonchev–Trinajstić information content (AvgIpc) is 1.91. The molecule has 1 atom stereocenters. The van der Waals surface area contributed by atoms with Gasteiger partial charge in [-0.05, 0) is 12.1 Å². The Morgan fingerprint density at radius 2 is 2.43 bits per heavy atom. The van der Waals surface area contributed by atoms with E-state index < -0.39 is 0 Å². The molecule has 1 aromatic rings. The maximum atomic E-state index is 5.52. The normalized spacial score (nSPS) is 9.43. The van der Waals surface area contributed by atoms with Crippen LogP contribution in [0.25, 0.3) is 0 Å². The summed E-state index contributed by atoms with van der Waals surface area (Å²) in [7, 11) is 2.50. The van der Waals surface area contributed by atoms with Gasteiger partial charge in [-0.25, -0.2) is 0 Å². The highest BCUT2D eigenvalue weighted by Crippen LogP contribution is 1.93. The topological polar surface area (TPSA) is 4.93 Å². The molecule has 0 fully saturated rings. The summed E-state index contributed by atoms with van der Waals surface area (Å²) in [5.41, 5.74) is 0.988. The minimum atomic E-state index is 0.988. The van der Waals surface area contributed by atoms with Crippen LogP contribution in [-0.2, 0) is 0 Å². The van der Waals surface area contributed by atoms with Crippen LogP contribution in [0.1, 0.15) is 0 Å². The summed E-state index contributed by atoms with van der Waals surface area (Å²) in [5.74, 6) is 0. The van der Waals surface area contributed by atoms with E-state index in [1.54, 1.807) is 6.20 Å². The largest absolute Gasteiger partial charge is 0.261 e. The van der Waals surface area contributed by atoms with Gasteiger partial charge in [0.15, 0.2) is 0 Å². The highest BCUT2D eigenvalue weighted by molar-refractivity contribution is 7.27. The number of rotatable bonds is 0. The van der Waals surface area contributed by atoms with E-state index in [0.29, 0.717) is 0 Å². The van der Waals surface area contributed by atoms with Crippen molar-refractivity contribution in [3.05, 3.63) is 18.3 Å². The molecule has 0 aliphatic rings. The zero-order valence-electron chi connectivity index (χ0n) is 3.63. The fraction of sp³-hybridized carbons (Fsp3) is 0. The number of nitrogens with zero attached hydrogens (tertiary/aromatic N) is 1. The van der Waals surface area contributed by atoms with Gasteiger partial charge in [0.2, 0.25) is 0 Å². The highest BCUT2D eigenvalue weighted by atomic mass is 35.5. The number of hydrogen-bond donors (Lipinski definition) is 0. The maximum absolute atomic E-state index is 5.52. The van der Waals surface area contributed by atoms with Gasteiger partial charge >= 0.3 is 0 Å². The van der Waals surface area contributed by atoms with Crippen LogP contribution < -0.4 is 5.44 Å². The molecule has 0 aliphatic carbocycles. The maximum Gasteiger partial charge on any atom is 0.0514 e. The number of hydrogen-bond acceptors (Lipinski definition) is 0. The number of aromatic nitrogens is 1. The highest BCUT2D eigenvalue weighted by Gasteiger charge is 1.84. The molecule has 0 spiro atoms. The van der Waals surface area contributed by atoms with Crippen molar-refractivity contribution in [2.24, 2.45) is 0 Å². The molecule has 0 amide bonds. The molecule has 0 radical (unpaired) electrons. The van der Waals surface area contributed by atoms with Crippen molar-refractivity contribution in [3.8, 4) is 0 Å². The summed E-state index contributed by atoms with van der Waals surface area (Å²) >= 11 is 5.52. The van der Waals surface area contributed by atoms with Crippen molar-refractivity contribution < 1.29 is 0 Å². The van der Waals surface area contributed by atoms with Gasteiger partial charge in [0.1, 0.15) is 0 Å². The molecule has 3 heteroatoms. The Hall–Kier alpha value is -0.0000000000000000555. The first-order chi connectivity index (χ1) is 3.30. The average molecular weight is 134 g/mol. The molecular formula is C4H5ClNP. The second-order valence-electron chi connectivity index (χ2n) is 1.24. The van der Waals surface area contributed by atoms with Crippen LogP contribution in [0.15, 0.2) is 18.3 Å². The summed E-state index contributed by atoms with van der Waals surface area (Å²) in [6, 6.07) is 3.80. The lowest BCUT2D eigenvalue weighted by Crippen LogP contribution is -1.94. The fourth-order valence-electron chi connectivity index (χ4n) is 0.374. The van der Waals surface area contributed by atoms with Gasteiger partial charge in [-0.3, -0.25) is 4.09 Å².